The highest BCUT2D eigenvalue weighted by molar-refractivity contribution is 7.98. The maximum Gasteiger partial charge on any atom is 0.193 e. The molecule has 0 heterocycles. The molecule has 0 aliphatic carbocycles. The molecule has 3 heteroatoms. The van der Waals surface area contributed by atoms with Crippen LogP contribution in [-0.2, 0) is 5.41 Å². The van der Waals surface area contributed by atoms with E-state index in [1.54, 1.807) is 11.8 Å². The van der Waals surface area contributed by atoms with Gasteiger partial charge < -0.3 is 4.90 Å². The zero-order valence-corrected chi connectivity index (χ0v) is 20.4. The minimum absolute atomic E-state index is 0.0394. The summed E-state index contributed by atoms with van der Waals surface area (Å²) in [5, 5.41) is 0. The largest absolute Gasteiger partial charge is 0.311 e. The number of hydrogen-bond acceptors (Lipinski definition) is 3. The highest BCUT2D eigenvalue weighted by atomic mass is 32.2. The van der Waals surface area contributed by atoms with Crippen LogP contribution >= 0.6 is 11.8 Å². The molecule has 2 nitrogen and oxygen atoms in total. The van der Waals surface area contributed by atoms with Gasteiger partial charge in [-0.05, 0) is 77.9 Å². The maximum absolute atomic E-state index is 13.1. The third-order valence-electron chi connectivity index (χ3n) is 5.75. The maximum atomic E-state index is 13.1. The molecule has 0 fully saturated rings. The number of carbonyl (C=O) groups excluding carboxylic acids is 1. The van der Waals surface area contributed by atoms with Crippen molar-refractivity contribution in [3.05, 3.63) is 120 Å². The van der Waals surface area contributed by atoms with Gasteiger partial charge in [0, 0.05) is 33.1 Å². The SMILES string of the molecule is CSc1ccc(N(c2ccccc2)c2ccc(C(=O)c3ccc(C(C)(C)C)cc3)cc2)cc1. The summed E-state index contributed by atoms with van der Waals surface area (Å²) in [6.45, 7) is 6.53. The normalized spacial score (nSPS) is 11.3. The second-order valence-corrected chi connectivity index (χ2v) is 9.95. The smallest absolute Gasteiger partial charge is 0.193 e. The quantitative estimate of drug-likeness (QED) is 0.217. The van der Waals surface area contributed by atoms with Gasteiger partial charge in [0.2, 0.25) is 0 Å². The summed E-state index contributed by atoms with van der Waals surface area (Å²) in [7, 11) is 0. The summed E-state index contributed by atoms with van der Waals surface area (Å²) in [6.07, 6.45) is 2.08. The van der Waals surface area contributed by atoms with Gasteiger partial charge in [-0.2, -0.15) is 0 Å². The predicted octanol–water partition coefficient (Wildman–Crippen LogP) is 8.41. The first-order valence-corrected chi connectivity index (χ1v) is 12.3. The molecular weight excluding hydrogens is 422 g/mol. The molecule has 0 unspecified atom stereocenters. The lowest BCUT2D eigenvalue weighted by atomic mass is 9.86. The van der Waals surface area contributed by atoms with E-state index in [1.807, 2.05) is 54.6 Å². The van der Waals surface area contributed by atoms with Gasteiger partial charge in [-0.25, -0.2) is 0 Å². The molecule has 0 amide bonds. The summed E-state index contributed by atoms with van der Waals surface area (Å²) in [6, 6.07) is 34.7. The Labute approximate surface area is 201 Å². The number of ketones is 1. The molecule has 0 radical (unpaired) electrons. The molecule has 33 heavy (non-hydrogen) atoms. The molecule has 0 saturated carbocycles. The van der Waals surface area contributed by atoms with Crippen LogP contribution in [0.4, 0.5) is 17.1 Å². The lowest BCUT2D eigenvalue weighted by molar-refractivity contribution is 0.103. The van der Waals surface area contributed by atoms with Gasteiger partial charge in [-0.3, -0.25) is 4.79 Å². The standard InChI is InChI=1S/C30H29NOS/c1-30(2,3)24-14-10-22(11-15-24)29(32)23-12-16-26(17-13-23)31(25-8-6-5-7-9-25)27-18-20-28(33-4)21-19-27/h5-21H,1-4H3. The van der Waals surface area contributed by atoms with Crippen molar-refractivity contribution >= 4 is 34.6 Å². The number of thioether (sulfide) groups is 1. The summed E-state index contributed by atoms with van der Waals surface area (Å²) in [5.41, 5.74) is 5.86. The molecule has 4 aromatic rings. The molecular formula is C30H29NOS. The lowest BCUT2D eigenvalue weighted by Crippen LogP contribution is -2.12. The molecule has 0 spiro atoms. The van der Waals surface area contributed by atoms with E-state index in [2.05, 4.69) is 80.5 Å². The molecule has 0 saturated heterocycles. The van der Waals surface area contributed by atoms with E-state index in [-0.39, 0.29) is 11.2 Å². The number of carbonyl (C=O) groups is 1. The van der Waals surface area contributed by atoms with Crippen LogP contribution in [0.1, 0.15) is 42.3 Å². The fourth-order valence-electron chi connectivity index (χ4n) is 3.81. The van der Waals surface area contributed by atoms with Gasteiger partial charge in [-0.1, -0.05) is 63.2 Å². The predicted molar refractivity (Wildman–Crippen MR) is 141 cm³/mol. The third-order valence-corrected chi connectivity index (χ3v) is 6.49. The first-order chi connectivity index (χ1) is 15.9. The molecule has 0 aliphatic heterocycles. The zero-order chi connectivity index (χ0) is 23.4. The van der Waals surface area contributed by atoms with Crippen molar-refractivity contribution < 1.29 is 4.79 Å². The Morgan fingerprint density at radius 1 is 0.636 bits per heavy atom. The van der Waals surface area contributed by atoms with Crippen molar-refractivity contribution in [2.45, 2.75) is 31.1 Å². The number of nitrogens with zero attached hydrogens (tertiary/aromatic N) is 1. The topological polar surface area (TPSA) is 20.3 Å². The van der Waals surface area contributed by atoms with Crippen LogP contribution in [-0.4, -0.2) is 12.0 Å². The van der Waals surface area contributed by atoms with Crippen molar-refractivity contribution in [1.82, 2.24) is 0 Å². The van der Waals surface area contributed by atoms with Gasteiger partial charge in [0.1, 0.15) is 0 Å². The number of rotatable bonds is 6. The van der Waals surface area contributed by atoms with E-state index in [1.165, 1.54) is 10.5 Å². The molecule has 0 N–H and O–H groups in total. The van der Waals surface area contributed by atoms with Gasteiger partial charge >= 0.3 is 0 Å². The third kappa shape index (κ3) is 5.20. The summed E-state index contributed by atoms with van der Waals surface area (Å²) >= 11 is 1.73. The van der Waals surface area contributed by atoms with E-state index < -0.39 is 0 Å². The van der Waals surface area contributed by atoms with Crippen molar-refractivity contribution in [3.63, 3.8) is 0 Å². The number of anilines is 3. The van der Waals surface area contributed by atoms with E-state index >= 15 is 0 Å². The van der Waals surface area contributed by atoms with Crippen molar-refractivity contribution in [2.75, 3.05) is 11.2 Å². The van der Waals surface area contributed by atoms with E-state index in [4.69, 9.17) is 0 Å². The second-order valence-electron chi connectivity index (χ2n) is 9.07. The number of para-hydroxylation sites is 1. The van der Waals surface area contributed by atoms with Crippen molar-refractivity contribution in [2.24, 2.45) is 0 Å². The Morgan fingerprint density at radius 2 is 1.09 bits per heavy atom. The van der Waals surface area contributed by atoms with Gasteiger partial charge in [0.15, 0.2) is 5.78 Å². The van der Waals surface area contributed by atoms with Crippen LogP contribution in [0.3, 0.4) is 0 Å². The number of benzene rings is 4. The fourth-order valence-corrected chi connectivity index (χ4v) is 4.21. The highest BCUT2D eigenvalue weighted by Crippen LogP contribution is 2.35. The Kier molecular flexibility index (Phi) is 6.71. The molecule has 166 valence electrons. The van der Waals surface area contributed by atoms with Crippen LogP contribution in [0.5, 0.6) is 0 Å². The van der Waals surface area contributed by atoms with Crippen LogP contribution in [0.15, 0.2) is 108 Å². The summed E-state index contributed by atoms with van der Waals surface area (Å²) in [4.78, 5) is 16.5. The van der Waals surface area contributed by atoms with Gasteiger partial charge in [0.25, 0.3) is 0 Å². The second kappa shape index (κ2) is 9.68. The minimum Gasteiger partial charge on any atom is -0.311 e. The zero-order valence-electron chi connectivity index (χ0n) is 19.6. The molecule has 0 aliphatic rings. The van der Waals surface area contributed by atoms with E-state index in [0.717, 1.165) is 17.1 Å². The van der Waals surface area contributed by atoms with Crippen LogP contribution in [0, 0.1) is 0 Å². The highest BCUT2D eigenvalue weighted by Gasteiger charge is 2.16. The van der Waals surface area contributed by atoms with E-state index in [9.17, 15) is 4.79 Å². The Morgan fingerprint density at radius 3 is 1.58 bits per heavy atom. The molecule has 0 atom stereocenters. The van der Waals surface area contributed by atoms with Gasteiger partial charge in [0.05, 0.1) is 0 Å². The Bertz CT molecular complexity index is 1210. The molecule has 4 rings (SSSR count). The first kappa shape index (κ1) is 22.9. The van der Waals surface area contributed by atoms with Crippen molar-refractivity contribution in [1.29, 1.82) is 0 Å². The van der Waals surface area contributed by atoms with Crippen molar-refractivity contribution in [3.8, 4) is 0 Å². The average molecular weight is 452 g/mol. The molecule has 4 aromatic carbocycles. The van der Waals surface area contributed by atoms with Crippen LogP contribution in [0.2, 0.25) is 0 Å². The lowest BCUT2D eigenvalue weighted by Gasteiger charge is -2.25. The molecule has 0 bridgehead atoms. The monoisotopic (exact) mass is 451 g/mol. The van der Waals surface area contributed by atoms with Crippen LogP contribution in [0.25, 0.3) is 0 Å². The average Bonchev–Trinajstić information content (AvgIpc) is 2.85. The summed E-state index contributed by atoms with van der Waals surface area (Å²) in [5.74, 6) is 0.0394. The Balaban J connectivity index is 1.64. The van der Waals surface area contributed by atoms with E-state index in [0.29, 0.717) is 11.1 Å². The minimum atomic E-state index is 0.0394. The van der Waals surface area contributed by atoms with Gasteiger partial charge in [-0.15, -0.1) is 11.8 Å². The first-order valence-electron chi connectivity index (χ1n) is 11.1. The Hall–Kier alpha value is -3.30. The fraction of sp³-hybridized carbons (Fsp3) is 0.167. The number of hydrogen-bond donors (Lipinski definition) is 0. The van der Waals surface area contributed by atoms with Crippen LogP contribution < -0.4 is 4.90 Å². The summed E-state index contributed by atoms with van der Waals surface area (Å²) < 4.78 is 0. The molecule has 0 aromatic heterocycles.